The molecule has 0 saturated heterocycles. The van der Waals surface area contributed by atoms with E-state index in [1.54, 1.807) is 29.5 Å². The predicted octanol–water partition coefficient (Wildman–Crippen LogP) is 4.15. The van der Waals surface area contributed by atoms with Crippen LogP contribution in [-0.2, 0) is 4.79 Å². The van der Waals surface area contributed by atoms with Gasteiger partial charge in [0.05, 0.1) is 4.70 Å². The van der Waals surface area contributed by atoms with Gasteiger partial charge in [0.25, 0.3) is 0 Å². The number of carbonyl (C=O) groups excluding carboxylic acids is 1. The lowest BCUT2D eigenvalue weighted by Crippen LogP contribution is -2.07. The average molecular weight is 304 g/mol. The van der Waals surface area contributed by atoms with Crippen LogP contribution in [0, 0.1) is 5.82 Å². The van der Waals surface area contributed by atoms with Crippen LogP contribution in [0.1, 0.15) is 4.88 Å². The first-order chi connectivity index (χ1) is 9.72. The van der Waals surface area contributed by atoms with Gasteiger partial charge in [0.1, 0.15) is 11.3 Å². The van der Waals surface area contributed by atoms with E-state index in [1.807, 2.05) is 17.5 Å². The number of hydrogen-bond acceptors (Lipinski definition) is 4. The smallest absolute Gasteiger partial charge is 0.250 e. The Morgan fingerprint density at radius 1 is 1.30 bits per heavy atom. The molecule has 1 amide bonds. The molecule has 0 bridgehead atoms. The number of amides is 1. The molecule has 0 aliphatic heterocycles. The number of halogens is 1. The maximum Gasteiger partial charge on any atom is 0.250 e. The summed E-state index contributed by atoms with van der Waals surface area (Å²) in [6, 6.07) is 8.58. The molecule has 0 radical (unpaired) electrons. The van der Waals surface area contributed by atoms with E-state index >= 15 is 0 Å². The topological polar surface area (TPSA) is 42.0 Å². The number of aromatic nitrogens is 1. The SMILES string of the molecule is O=C(/C=C/c1cccs1)Nc1nc2c(F)cccc2s1. The second kappa shape index (κ2) is 5.52. The van der Waals surface area contributed by atoms with Crippen LogP contribution in [0.25, 0.3) is 16.3 Å². The molecule has 2 aromatic heterocycles. The maximum atomic E-state index is 13.5. The lowest BCUT2D eigenvalue weighted by atomic mass is 10.3. The molecule has 2 heterocycles. The van der Waals surface area contributed by atoms with E-state index in [0.717, 1.165) is 4.88 Å². The van der Waals surface area contributed by atoms with E-state index in [-0.39, 0.29) is 17.2 Å². The molecule has 0 aliphatic rings. The van der Waals surface area contributed by atoms with E-state index in [1.165, 1.54) is 23.5 Å². The summed E-state index contributed by atoms with van der Waals surface area (Å²) in [6.45, 7) is 0. The van der Waals surface area contributed by atoms with Crippen LogP contribution < -0.4 is 5.32 Å². The van der Waals surface area contributed by atoms with Crippen molar-refractivity contribution >= 4 is 50.0 Å². The zero-order valence-electron chi connectivity index (χ0n) is 10.2. The fourth-order valence-corrected chi connectivity index (χ4v) is 3.16. The Hall–Kier alpha value is -2.05. The van der Waals surface area contributed by atoms with Crippen molar-refractivity contribution < 1.29 is 9.18 Å². The van der Waals surface area contributed by atoms with E-state index in [4.69, 9.17) is 0 Å². The monoisotopic (exact) mass is 304 g/mol. The Bertz CT molecular complexity index is 778. The highest BCUT2D eigenvalue weighted by Crippen LogP contribution is 2.27. The molecule has 0 atom stereocenters. The highest BCUT2D eigenvalue weighted by molar-refractivity contribution is 7.22. The van der Waals surface area contributed by atoms with Gasteiger partial charge in [-0.15, -0.1) is 11.3 Å². The predicted molar refractivity (Wildman–Crippen MR) is 81.6 cm³/mol. The summed E-state index contributed by atoms with van der Waals surface area (Å²) in [5.41, 5.74) is 0.287. The Kier molecular flexibility index (Phi) is 3.58. The third-order valence-corrected chi connectivity index (χ3v) is 4.32. The van der Waals surface area contributed by atoms with Crippen LogP contribution in [0.15, 0.2) is 41.8 Å². The van der Waals surface area contributed by atoms with Crippen molar-refractivity contribution in [3.05, 3.63) is 52.5 Å². The molecule has 20 heavy (non-hydrogen) atoms. The van der Waals surface area contributed by atoms with Crippen LogP contribution in [0.3, 0.4) is 0 Å². The zero-order chi connectivity index (χ0) is 13.9. The molecular weight excluding hydrogens is 295 g/mol. The molecular formula is C14H9FN2OS2. The summed E-state index contributed by atoms with van der Waals surface area (Å²) in [7, 11) is 0. The van der Waals surface area contributed by atoms with Crippen LogP contribution >= 0.6 is 22.7 Å². The van der Waals surface area contributed by atoms with Crippen LogP contribution in [0.5, 0.6) is 0 Å². The molecule has 1 N–H and O–H groups in total. The number of fused-ring (bicyclic) bond motifs is 1. The summed E-state index contributed by atoms with van der Waals surface area (Å²) in [5.74, 6) is -0.661. The minimum absolute atomic E-state index is 0.280. The highest BCUT2D eigenvalue weighted by atomic mass is 32.1. The summed E-state index contributed by atoms with van der Waals surface area (Å²) in [5, 5.41) is 4.97. The number of anilines is 1. The average Bonchev–Trinajstić information content (AvgIpc) is 3.05. The van der Waals surface area contributed by atoms with E-state index in [9.17, 15) is 9.18 Å². The quantitative estimate of drug-likeness (QED) is 0.739. The van der Waals surface area contributed by atoms with Gasteiger partial charge in [0.15, 0.2) is 5.13 Å². The van der Waals surface area contributed by atoms with Crippen molar-refractivity contribution in [2.45, 2.75) is 0 Å². The number of nitrogens with one attached hydrogen (secondary N) is 1. The maximum absolute atomic E-state index is 13.5. The second-order valence-corrected chi connectivity index (χ2v) is 5.95. The number of rotatable bonds is 3. The van der Waals surface area contributed by atoms with Gasteiger partial charge in [0.2, 0.25) is 5.91 Å². The van der Waals surface area contributed by atoms with Gasteiger partial charge >= 0.3 is 0 Å². The van der Waals surface area contributed by atoms with Crippen LogP contribution in [0.2, 0.25) is 0 Å². The zero-order valence-corrected chi connectivity index (χ0v) is 11.8. The first-order valence-corrected chi connectivity index (χ1v) is 7.49. The number of thiazole rings is 1. The van der Waals surface area contributed by atoms with Gasteiger partial charge < -0.3 is 0 Å². The minimum atomic E-state index is -0.381. The summed E-state index contributed by atoms with van der Waals surface area (Å²) < 4.78 is 14.2. The van der Waals surface area contributed by atoms with Crippen molar-refractivity contribution in [1.29, 1.82) is 0 Å². The fourth-order valence-electron chi connectivity index (χ4n) is 1.66. The molecule has 6 heteroatoms. The molecule has 1 aromatic carbocycles. The van der Waals surface area contributed by atoms with Gasteiger partial charge in [-0.25, -0.2) is 9.37 Å². The molecule has 3 aromatic rings. The first kappa shape index (κ1) is 13.0. The Balaban J connectivity index is 1.76. The van der Waals surface area contributed by atoms with Gasteiger partial charge in [-0.2, -0.15) is 0 Å². The number of nitrogens with zero attached hydrogens (tertiary/aromatic N) is 1. The third kappa shape index (κ3) is 2.76. The molecule has 0 saturated carbocycles. The van der Waals surface area contributed by atoms with Crippen LogP contribution in [-0.4, -0.2) is 10.9 Å². The Morgan fingerprint density at radius 3 is 2.95 bits per heavy atom. The van der Waals surface area contributed by atoms with Crippen molar-refractivity contribution in [3.8, 4) is 0 Å². The molecule has 3 rings (SSSR count). The van der Waals surface area contributed by atoms with Gasteiger partial charge in [-0.3, -0.25) is 10.1 Å². The van der Waals surface area contributed by atoms with E-state index < -0.39 is 0 Å². The standard InChI is InChI=1S/C14H9FN2OS2/c15-10-4-1-5-11-13(10)17-14(20-11)16-12(18)7-6-9-3-2-8-19-9/h1-8H,(H,16,17,18)/b7-6+. The molecule has 0 fully saturated rings. The van der Waals surface area contributed by atoms with E-state index in [2.05, 4.69) is 10.3 Å². The lowest BCUT2D eigenvalue weighted by molar-refractivity contribution is -0.111. The summed E-state index contributed by atoms with van der Waals surface area (Å²) >= 11 is 2.80. The second-order valence-electron chi connectivity index (χ2n) is 3.94. The van der Waals surface area contributed by atoms with Crippen LogP contribution in [0.4, 0.5) is 9.52 Å². The largest absolute Gasteiger partial charge is 0.298 e. The molecule has 100 valence electrons. The number of hydrogen-bond donors (Lipinski definition) is 1. The van der Waals surface area contributed by atoms with E-state index in [0.29, 0.717) is 9.83 Å². The van der Waals surface area contributed by atoms with Crippen molar-refractivity contribution in [2.75, 3.05) is 5.32 Å². The third-order valence-electron chi connectivity index (χ3n) is 2.54. The van der Waals surface area contributed by atoms with Crippen molar-refractivity contribution in [2.24, 2.45) is 0 Å². The Morgan fingerprint density at radius 2 is 2.20 bits per heavy atom. The minimum Gasteiger partial charge on any atom is -0.298 e. The van der Waals surface area contributed by atoms with Crippen molar-refractivity contribution in [3.63, 3.8) is 0 Å². The van der Waals surface area contributed by atoms with Gasteiger partial charge in [0, 0.05) is 11.0 Å². The lowest BCUT2D eigenvalue weighted by Gasteiger charge is -1.94. The summed E-state index contributed by atoms with van der Waals surface area (Å²) in [6.07, 6.45) is 3.17. The summed E-state index contributed by atoms with van der Waals surface area (Å²) in [4.78, 5) is 16.8. The molecule has 0 spiro atoms. The first-order valence-electron chi connectivity index (χ1n) is 5.80. The number of benzene rings is 1. The highest BCUT2D eigenvalue weighted by Gasteiger charge is 2.08. The Labute approximate surface area is 122 Å². The van der Waals surface area contributed by atoms with Crippen molar-refractivity contribution in [1.82, 2.24) is 4.98 Å². The number of para-hydroxylation sites is 1. The molecule has 3 nitrogen and oxygen atoms in total. The molecule has 0 unspecified atom stereocenters. The number of carbonyl (C=O) groups is 1. The molecule has 0 aliphatic carbocycles. The van der Waals surface area contributed by atoms with Gasteiger partial charge in [-0.1, -0.05) is 23.5 Å². The van der Waals surface area contributed by atoms with Gasteiger partial charge in [-0.05, 0) is 29.7 Å². The normalized spacial score (nSPS) is 11.2. The number of thiophene rings is 1. The fraction of sp³-hybridized carbons (Fsp3) is 0.